The van der Waals surface area contributed by atoms with E-state index in [1.807, 2.05) is 26.0 Å². The van der Waals surface area contributed by atoms with Crippen molar-refractivity contribution in [1.29, 1.82) is 0 Å². The molecule has 0 saturated heterocycles. The summed E-state index contributed by atoms with van der Waals surface area (Å²) in [5.41, 5.74) is 2.81. The highest BCUT2D eigenvalue weighted by atomic mass is 79.9. The molecule has 0 fully saturated rings. The van der Waals surface area contributed by atoms with Gasteiger partial charge in [-0.1, -0.05) is 22.9 Å². The minimum atomic E-state index is 0.751. The van der Waals surface area contributed by atoms with Gasteiger partial charge in [0.2, 0.25) is 6.08 Å². The van der Waals surface area contributed by atoms with Crippen molar-refractivity contribution in [3.8, 4) is 0 Å². The summed E-state index contributed by atoms with van der Waals surface area (Å²) in [5, 5.41) is 0. The Morgan fingerprint density at radius 3 is 2.77 bits per heavy atom. The van der Waals surface area contributed by atoms with Crippen LogP contribution in [0.3, 0.4) is 0 Å². The highest BCUT2D eigenvalue weighted by Gasteiger charge is 2.04. The lowest BCUT2D eigenvalue weighted by Crippen LogP contribution is -1.85. The number of hydrogen-bond acceptors (Lipinski definition) is 2. The summed E-state index contributed by atoms with van der Waals surface area (Å²) in [6.45, 7) is 3.96. The van der Waals surface area contributed by atoms with Crippen LogP contribution in [0.15, 0.2) is 21.6 Å². The van der Waals surface area contributed by atoms with Gasteiger partial charge in [0.05, 0.1) is 5.69 Å². The fourth-order valence-electron chi connectivity index (χ4n) is 1.28. The van der Waals surface area contributed by atoms with E-state index in [2.05, 4.69) is 20.9 Å². The van der Waals surface area contributed by atoms with Gasteiger partial charge in [0.25, 0.3) is 0 Å². The van der Waals surface area contributed by atoms with E-state index in [1.54, 1.807) is 6.08 Å². The SMILES string of the molecule is CCc1cc(Br)cc(C)c1N=C=O. The molecule has 0 spiro atoms. The summed E-state index contributed by atoms with van der Waals surface area (Å²) in [4.78, 5) is 13.9. The molecule has 3 heteroatoms. The maximum atomic E-state index is 10.2. The van der Waals surface area contributed by atoms with Gasteiger partial charge in [-0.3, -0.25) is 0 Å². The zero-order valence-corrected chi connectivity index (χ0v) is 9.18. The van der Waals surface area contributed by atoms with Crippen LogP contribution in [0.4, 0.5) is 5.69 Å². The summed E-state index contributed by atoms with van der Waals surface area (Å²) < 4.78 is 1.02. The van der Waals surface area contributed by atoms with Crippen LogP contribution in [0.2, 0.25) is 0 Å². The fraction of sp³-hybridized carbons (Fsp3) is 0.300. The largest absolute Gasteiger partial charge is 0.240 e. The third-order valence-corrected chi connectivity index (χ3v) is 2.34. The van der Waals surface area contributed by atoms with Crippen molar-refractivity contribution in [3.63, 3.8) is 0 Å². The molecule has 0 unspecified atom stereocenters. The number of aryl methyl sites for hydroxylation is 2. The highest BCUT2D eigenvalue weighted by Crippen LogP contribution is 2.28. The van der Waals surface area contributed by atoms with Gasteiger partial charge in [-0.05, 0) is 36.6 Å². The first-order valence-electron chi connectivity index (χ1n) is 4.06. The molecule has 68 valence electrons. The van der Waals surface area contributed by atoms with Gasteiger partial charge in [0.15, 0.2) is 0 Å². The van der Waals surface area contributed by atoms with Gasteiger partial charge >= 0.3 is 0 Å². The molecule has 0 aromatic heterocycles. The topological polar surface area (TPSA) is 29.4 Å². The first-order valence-corrected chi connectivity index (χ1v) is 4.85. The molecule has 0 aliphatic rings. The molecule has 1 rings (SSSR count). The normalized spacial score (nSPS) is 9.46. The first kappa shape index (κ1) is 10.2. The second-order valence-electron chi connectivity index (χ2n) is 2.79. The minimum absolute atomic E-state index is 0.751. The summed E-state index contributed by atoms with van der Waals surface area (Å²) in [5.74, 6) is 0. The molecule has 0 aliphatic heterocycles. The molecule has 2 nitrogen and oxygen atoms in total. The quantitative estimate of drug-likeness (QED) is 0.576. The maximum absolute atomic E-state index is 10.2. The smallest absolute Gasteiger partial charge is 0.211 e. The van der Waals surface area contributed by atoms with Gasteiger partial charge in [-0.15, -0.1) is 0 Å². The molecule has 0 radical (unpaired) electrons. The minimum Gasteiger partial charge on any atom is -0.211 e. The third kappa shape index (κ3) is 2.27. The zero-order chi connectivity index (χ0) is 9.84. The zero-order valence-electron chi connectivity index (χ0n) is 7.60. The van der Waals surface area contributed by atoms with Crippen molar-refractivity contribution in [2.24, 2.45) is 4.99 Å². The summed E-state index contributed by atoms with van der Waals surface area (Å²) in [7, 11) is 0. The Labute approximate surface area is 85.8 Å². The van der Waals surface area contributed by atoms with Crippen LogP contribution >= 0.6 is 15.9 Å². The Morgan fingerprint density at radius 1 is 1.54 bits per heavy atom. The number of halogens is 1. The molecule has 0 atom stereocenters. The Bertz CT molecular complexity index is 367. The molecular weight excluding hydrogens is 230 g/mol. The maximum Gasteiger partial charge on any atom is 0.240 e. The van der Waals surface area contributed by atoms with Crippen LogP contribution in [0.25, 0.3) is 0 Å². The molecule has 0 N–H and O–H groups in total. The van der Waals surface area contributed by atoms with E-state index in [0.29, 0.717) is 0 Å². The van der Waals surface area contributed by atoms with E-state index >= 15 is 0 Å². The third-order valence-electron chi connectivity index (χ3n) is 1.88. The second-order valence-corrected chi connectivity index (χ2v) is 3.70. The average Bonchev–Trinajstić information content (AvgIpc) is 2.09. The van der Waals surface area contributed by atoms with Gasteiger partial charge in [-0.25, -0.2) is 4.79 Å². The highest BCUT2D eigenvalue weighted by molar-refractivity contribution is 9.10. The molecule has 1 aromatic rings. The van der Waals surface area contributed by atoms with Crippen LogP contribution in [0.5, 0.6) is 0 Å². The van der Waals surface area contributed by atoms with Gasteiger partial charge in [-0.2, -0.15) is 4.99 Å². The van der Waals surface area contributed by atoms with Crippen LogP contribution < -0.4 is 0 Å². The fourth-order valence-corrected chi connectivity index (χ4v) is 1.90. The van der Waals surface area contributed by atoms with Crippen molar-refractivity contribution in [3.05, 3.63) is 27.7 Å². The van der Waals surface area contributed by atoms with Crippen molar-refractivity contribution >= 4 is 27.7 Å². The summed E-state index contributed by atoms with van der Waals surface area (Å²) >= 11 is 3.40. The first-order chi connectivity index (χ1) is 6.19. The number of nitrogens with zero attached hydrogens (tertiary/aromatic N) is 1. The van der Waals surface area contributed by atoms with Crippen molar-refractivity contribution in [2.75, 3.05) is 0 Å². The van der Waals surface area contributed by atoms with Gasteiger partial charge < -0.3 is 0 Å². The van der Waals surface area contributed by atoms with E-state index in [9.17, 15) is 4.79 Å². The molecule has 0 aliphatic carbocycles. The lowest BCUT2D eigenvalue weighted by Gasteiger charge is -2.05. The molecule has 13 heavy (non-hydrogen) atoms. The lowest BCUT2D eigenvalue weighted by molar-refractivity contribution is 0.565. The Morgan fingerprint density at radius 2 is 2.23 bits per heavy atom. The number of isocyanates is 1. The number of aliphatic imine (C=N–C) groups is 1. The van der Waals surface area contributed by atoms with Crippen LogP contribution in [0.1, 0.15) is 18.1 Å². The van der Waals surface area contributed by atoms with Gasteiger partial charge in [0, 0.05) is 4.47 Å². The van der Waals surface area contributed by atoms with Crippen molar-refractivity contribution < 1.29 is 4.79 Å². The molecule has 0 saturated carbocycles. The number of carbonyl (C=O) groups excluding carboxylic acids is 1. The molecular formula is C10H10BrNO. The van der Waals surface area contributed by atoms with E-state index in [-0.39, 0.29) is 0 Å². The predicted octanol–water partition coefficient (Wildman–Crippen LogP) is 3.29. The monoisotopic (exact) mass is 239 g/mol. The molecule has 0 bridgehead atoms. The summed E-state index contributed by atoms with van der Waals surface area (Å²) in [6.07, 6.45) is 2.44. The Kier molecular flexibility index (Phi) is 3.40. The molecule has 1 aromatic carbocycles. The number of hydrogen-bond donors (Lipinski definition) is 0. The Hall–Kier alpha value is -0.920. The predicted molar refractivity (Wildman–Crippen MR) is 56.0 cm³/mol. The van der Waals surface area contributed by atoms with Crippen LogP contribution in [-0.4, -0.2) is 6.08 Å². The second kappa shape index (κ2) is 4.35. The van der Waals surface area contributed by atoms with E-state index in [1.165, 1.54) is 0 Å². The van der Waals surface area contributed by atoms with E-state index < -0.39 is 0 Å². The van der Waals surface area contributed by atoms with Crippen molar-refractivity contribution in [1.82, 2.24) is 0 Å². The van der Waals surface area contributed by atoms with E-state index in [4.69, 9.17) is 0 Å². The van der Waals surface area contributed by atoms with Crippen LogP contribution in [-0.2, 0) is 11.2 Å². The van der Waals surface area contributed by atoms with E-state index in [0.717, 1.165) is 27.7 Å². The average molecular weight is 240 g/mol. The molecule has 0 amide bonds. The van der Waals surface area contributed by atoms with Crippen LogP contribution in [0, 0.1) is 6.92 Å². The van der Waals surface area contributed by atoms with Gasteiger partial charge in [0.1, 0.15) is 0 Å². The van der Waals surface area contributed by atoms with Crippen molar-refractivity contribution in [2.45, 2.75) is 20.3 Å². The number of rotatable bonds is 2. The number of benzene rings is 1. The standard InChI is InChI=1S/C10H10BrNO/c1-3-8-5-9(11)4-7(2)10(8)12-6-13/h4-5H,3H2,1-2H3. The summed E-state index contributed by atoms with van der Waals surface area (Å²) in [6, 6.07) is 3.92. The lowest BCUT2D eigenvalue weighted by atomic mass is 10.1. The Balaban J connectivity index is 3.37. The molecule has 0 heterocycles.